The fourth-order valence-electron chi connectivity index (χ4n) is 5.66. The van der Waals surface area contributed by atoms with Crippen molar-refractivity contribution < 1.29 is 27.8 Å². The number of piperidine rings is 1. The van der Waals surface area contributed by atoms with Crippen LogP contribution >= 0.6 is 0 Å². The van der Waals surface area contributed by atoms with E-state index in [1.807, 2.05) is 12.1 Å². The van der Waals surface area contributed by atoms with E-state index in [0.717, 1.165) is 0 Å². The number of aliphatic hydroxyl groups excluding tert-OH is 1. The van der Waals surface area contributed by atoms with Gasteiger partial charge in [0.1, 0.15) is 11.5 Å². The Labute approximate surface area is 195 Å². The molecule has 0 unspecified atom stereocenters. The Morgan fingerprint density at radius 2 is 2.06 bits per heavy atom. The fraction of sp³-hybridized carbons (Fsp3) is 0.583. The number of carbonyl (C=O) groups excluding carboxylic acids is 1. The first-order valence-electron chi connectivity index (χ1n) is 11.6. The molecule has 7 nitrogen and oxygen atoms in total. The summed E-state index contributed by atoms with van der Waals surface area (Å²) in [6, 6.07) is 8.13. The van der Waals surface area contributed by atoms with E-state index in [1.165, 1.54) is 29.0 Å². The summed E-state index contributed by atoms with van der Waals surface area (Å²) in [5.74, 6) is -1.96. The van der Waals surface area contributed by atoms with E-state index in [-0.39, 0.29) is 37.7 Å². The average Bonchev–Trinajstić information content (AvgIpc) is 3.25. The number of fused-ring (bicyclic) bond motifs is 2. The number of aromatic nitrogens is 2. The van der Waals surface area contributed by atoms with E-state index >= 15 is 0 Å². The SMILES string of the molecule is COC[C@@H]1C[C@H](C(F)(F)F)Cn2cc(C(=O)N3CC[C@]4(Cc5ccccc5CN4)[C@H](O)C3)nc21. The summed E-state index contributed by atoms with van der Waals surface area (Å²) < 4.78 is 46.9. The number of likely N-dealkylation sites (tertiary alicyclic amines) is 1. The predicted molar refractivity (Wildman–Crippen MR) is 117 cm³/mol. The molecule has 0 saturated carbocycles. The highest BCUT2D eigenvalue weighted by atomic mass is 19.4. The number of amides is 1. The highest BCUT2D eigenvalue weighted by Crippen LogP contribution is 2.40. The van der Waals surface area contributed by atoms with Crippen molar-refractivity contribution in [3.8, 4) is 0 Å². The summed E-state index contributed by atoms with van der Waals surface area (Å²) >= 11 is 0. The zero-order valence-corrected chi connectivity index (χ0v) is 19.0. The Morgan fingerprint density at radius 1 is 1.29 bits per heavy atom. The summed E-state index contributed by atoms with van der Waals surface area (Å²) in [5, 5.41) is 14.5. The molecule has 3 aliphatic rings. The Morgan fingerprint density at radius 3 is 2.76 bits per heavy atom. The van der Waals surface area contributed by atoms with Crippen LogP contribution in [0.5, 0.6) is 0 Å². The molecular weight excluding hydrogens is 449 g/mol. The van der Waals surface area contributed by atoms with Crippen molar-refractivity contribution in [2.24, 2.45) is 5.92 Å². The van der Waals surface area contributed by atoms with Crippen molar-refractivity contribution in [1.29, 1.82) is 0 Å². The first kappa shape index (κ1) is 23.3. The smallest absolute Gasteiger partial charge is 0.389 e. The zero-order valence-electron chi connectivity index (χ0n) is 19.0. The molecule has 0 aliphatic carbocycles. The van der Waals surface area contributed by atoms with Gasteiger partial charge in [-0.25, -0.2) is 4.98 Å². The molecule has 4 atom stereocenters. The lowest BCUT2D eigenvalue weighted by Gasteiger charge is -2.48. The minimum Gasteiger partial charge on any atom is -0.389 e. The predicted octanol–water partition coefficient (Wildman–Crippen LogP) is 2.49. The number of hydrogen-bond donors (Lipinski definition) is 2. The third-order valence-electron chi connectivity index (χ3n) is 7.61. The number of carbonyl (C=O) groups is 1. The quantitative estimate of drug-likeness (QED) is 0.709. The fourth-order valence-corrected chi connectivity index (χ4v) is 5.66. The summed E-state index contributed by atoms with van der Waals surface area (Å²) in [7, 11) is 1.44. The summed E-state index contributed by atoms with van der Waals surface area (Å²) in [4.78, 5) is 19.2. The first-order chi connectivity index (χ1) is 16.2. The number of benzene rings is 1. The van der Waals surface area contributed by atoms with Gasteiger partial charge in [0.05, 0.1) is 24.2 Å². The number of imidazole rings is 1. The molecule has 1 aromatic heterocycles. The molecule has 5 rings (SSSR count). The van der Waals surface area contributed by atoms with Gasteiger partial charge in [0.2, 0.25) is 0 Å². The van der Waals surface area contributed by atoms with Gasteiger partial charge >= 0.3 is 6.18 Å². The number of nitrogens with one attached hydrogen (secondary N) is 1. The van der Waals surface area contributed by atoms with E-state index < -0.39 is 29.7 Å². The van der Waals surface area contributed by atoms with E-state index in [0.29, 0.717) is 31.8 Å². The molecule has 0 radical (unpaired) electrons. The van der Waals surface area contributed by atoms with Gasteiger partial charge in [0.15, 0.2) is 0 Å². The summed E-state index contributed by atoms with van der Waals surface area (Å²) in [5.41, 5.74) is 2.03. The molecule has 1 aromatic carbocycles. The maximum Gasteiger partial charge on any atom is 0.393 e. The van der Waals surface area contributed by atoms with Crippen molar-refractivity contribution in [3.63, 3.8) is 0 Å². The Hall–Kier alpha value is -2.43. The number of alkyl halides is 3. The van der Waals surface area contributed by atoms with Crippen LogP contribution in [0, 0.1) is 5.92 Å². The van der Waals surface area contributed by atoms with Crippen molar-refractivity contribution in [3.05, 3.63) is 53.1 Å². The molecule has 4 heterocycles. The van der Waals surface area contributed by atoms with Crippen molar-refractivity contribution in [2.75, 3.05) is 26.8 Å². The zero-order chi connectivity index (χ0) is 24.1. The molecule has 3 aliphatic heterocycles. The second kappa shape index (κ2) is 8.66. The van der Waals surface area contributed by atoms with Crippen molar-refractivity contribution in [1.82, 2.24) is 19.8 Å². The van der Waals surface area contributed by atoms with Gasteiger partial charge in [0.25, 0.3) is 5.91 Å². The minimum absolute atomic E-state index is 0.106. The second-order valence-corrected chi connectivity index (χ2v) is 9.74. The van der Waals surface area contributed by atoms with Gasteiger partial charge in [0, 0.05) is 45.4 Å². The highest BCUT2D eigenvalue weighted by molar-refractivity contribution is 5.92. The van der Waals surface area contributed by atoms with E-state index in [1.54, 1.807) is 4.90 Å². The second-order valence-electron chi connectivity index (χ2n) is 9.74. The Kier molecular flexibility index (Phi) is 5.94. The molecule has 1 fully saturated rings. The Balaban J connectivity index is 1.32. The number of nitrogens with zero attached hydrogens (tertiary/aromatic N) is 3. The molecule has 2 N–H and O–H groups in total. The first-order valence-corrected chi connectivity index (χ1v) is 11.6. The van der Waals surface area contributed by atoms with Gasteiger partial charge < -0.3 is 24.6 Å². The van der Waals surface area contributed by atoms with Gasteiger partial charge in [-0.3, -0.25) is 4.79 Å². The lowest BCUT2D eigenvalue weighted by atomic mass is 9.76. The molecule has 1 saturated heterocycles. The van der Waals surface area contributed by atoms with Gasteiger partial charge in [-0.15, -0.1) is 0 Å². The summed E-state index contributed by atoms with van der Waals surface area (Å²) in [6.45, 7) is 1.09. The third kappa shape index (κ3) is 4.12. The molecule has 34 heavy (non-hydrogen) atoms. The van der Waals surface area contributed by atoms with Crippen LogP contribution in [-0.4, -0.2) is 70.1 Å². The number of rotatable bonds is 3. The molecule has 1 spiro atoms. The van der Waals surface area contributed by atoms with Crippen LogP contribution in [0.15, 0.2) is 30.5 Å². The van der Waals surface area contributed by atoms with Gasteiger partial charge in [-0.05, 0) is 30.4 Å². The standard InChI is InChI=1S/C24H29F3N4O3/c1-34-14-17-8-18(24(25,26)27)11-31-12-19(29-21(17)31)22(33)30-7-6-23(20(32)13-30)9-15-4-2-3-5-16(15)10-28-23/h2-5,12,17-18,20,28,32H,6-11,13-14H2,1H3/t17-,18-,20+,23-/m0/s1. The number of aliphatic hydroxyl groups is 1. The third-order valence-corrected chi connectivity index (χ3v) is 7.61. The van der Waals surface area contributed by atoms with Crippen molar-refractivity contribution >= 4 is 5.91 Å². The summed E-state index contributed by atoms with van der Waals surface area (Å²) in [6.07, 6.45) is -2.53. The normalized spacial score (nSPS) is 29.1. The lowest BCUT2D eigenvalue weighted by Crippen LogP contribution is -2.65. The molecule has 184 valence electrons. The van der Waals surface area contributed by atoms with E-state index in [4.69, 9.17) is 4.74 Å². The van der Waals surface area contributed by atoms with Crippen LogP contribution in [0.2, 0.25) is 0 Å². The molecule has 2 aromatic rings. The maximum absolute atomic E-state index is 13.4. The van der Waals surface area contributed by atoms with Crippen LogP contribution in [-0.2, 0) is 24.2 Å². The van der Waals surface area contributed by atoms with Crippen LogP contribution in [0.4, 0.5) is 13.2 Å². The molecule has 10 heteroatoms. The maximum atomic E-state index is 13.4. The van der Waals surface area contributed by atoms with Gasteiger partial charge in [-0.2, -0.15) is 13.2 Å². The number of methoxy groups -OCH3 is 1. The average molecular weight is 479 g/mol. The minimum atomic E-state index is -4.32. The van der Waals surface area contributed by atoms with Crippen LogP contribution in [0.25, 0.3) is 0 Å². The van der Waals surface area contributed by atoms with Crippen molar-refractivity contribution in [2.45, 2.75) is 56.1 Å². The number of ether oxygens (including phenoxy) is 1. The number of hydrogen-bond acceptors (Lipinski definition) is 5. The van der Waals surface area contributed by atoms with Crippen LogP contribution < -0.4 is 5.32 Å². The number of β-amino-alcohol motifs (C(OH)–C–C–N with tert-alkyl or cyclic N) is 1. The molecule has 0 bridgehead atoms. The number of halogens is 3. The van der Waals surface area contributed by atoms with Crippen LogP contribution in [0.3, 0.4) is 0 Å². The highest BCUT2D eigenvalue weighted by Gasteiger charge is 2.47. The van der Waals surface area contributed by atoms with E-state index in [2.05, 4.69) is 22.4 Å². The lowest BCUT2D eigenvalue weighted by molar-refractivity contribution is -0.184. The van der Waals surface area contributed by atoms with E-state index in [9.17, 15) is 23.1 Å². The largest absolute Gasteiger partial charge is 0.393 e. The molecular formula is C24H29F3N4O3. The van der Waals surface area contributed by atoms with Crippen LogP contribution in [0.1, 0.15) is 46.2 Å². The Bertz CT molecular complexity index is 1070. The molecule has 1 amide bonds. The topological polar surface area (TPSA) is 79.6 Å². The monoisotopic (exact) mass is 478 g/mol. The van der Waals surface area contributed by atoms with Gasteiger partial charge in [-0.1, -0.05) is 24.3 Å².